The molecule has 3 fully saturated rings. The van der Waals surface area contributed by atoms with Gasteiger partial charge < -0.3 is 4.74 Å². The quantitative estimate of drug-likeness (QED) is 0.615. The molecule has 0 aliphatic carbocycles. The smallest absolute Gasteiger partial charge is 0.343 e. The Balaban J connectivity index is 1.57. The third-order valence-corrected chi connectivity index (χ3v) is 5.72. The number of benzene rings is 1. The Morgan fingerprint density at radius 2 is 1.75 bits per heavy atom. The second kappa shape index (κ2) is 3.58. The fraction of sp³-hybridized carbons (Fsp3) is 0.533. The van der Waals surface area contributed by atoms with E-state index < -0.39 is 23.3 Å². The van der Waals surface area contributed by atoms with Gasteiger partial charge in [0.15, 0.2) is 0 Å². The van der Waals surface area contributed by atoms with Crippen molar-refractivity contribution in [1.82, 2.24) is 0 Å². The van der Waals surface area contributed by atoms with E-state index in [0.717, 1.165) is 35.5 Å². The topological polar surface area (TPSA) is 26.3 Å². The molecule has 0 aromatic heterocycles. The molecule has 0 saturated carbocycles. The molecule has 0 spiro atoms. The first-order valence-electron chi connectivity index (χ1n) is 7.00. The summed E-state index contributed by atoms with van der Waals surface area (Å²) in [5, 5.41) is 0. The Bertz CT molecular complexity index is 582. The first kappa shape index (κ1) is 12.3. The lowest BCUT2D eigenvalue weighted by atomic mass is 9.73. The monoisotopic (exact) mass is 280 g/mol. The maximum absolute atomic E-state index is 13.2. The molecule has 1 aromatic carbocycles. The van der Waals surface area contributed by atoms with Gasteiger partial charge in [0.25, 0.3) is 5.72 Å². The van der Waals surface area contributed by atoms with E-state index in [1.807, 2.05) is 0 Å². The van der Waals surface area contributed by atoms with Crippen molar-refractivity contribution in [2.75, 3.05) is 7.05 Å². The van der Waals surface area contributed by atoms with Crippen LogP contribution in [0.4, 0.5) is 8.78 Å². The summed E-state index contributed by atoms with van der Waals surface area (Å²) < 4.78 is 32.8. The van der Waals surface area contributed by atoms with E-state index in [4.69, 9.17) is 4.74 Å². The van der Waals surface area contributed by atoms with Crippen LogP contribution in [0.15, 0.2) is 18.2 Å². The predicted octanol–water partition coefficient (Wildman–Crippen LogP) is 2.60. The normalized spacial score (nSPS) is 40.5. The van der Waals surface area contributed by atoms with Gasteiger partial charge in [-0.1, -0.05) is 0 Å². The number of carbonyl (C=O) groups is 1. The van der Waals surface area contributed by atoms with Gasteiger partial charge in [-0.3, -0.25) is 4.48 Å². The van der Waals surface area contributed by atoms with Crippen LogP contribution in [0.25, 0.3) is 0 Å². The molecule has 5 heteroatoms. The van der Waals surface area contributed by atoms with E-state index in [2.05, 4.69) is 7.05 Å². The standard InChI is InChI=1S/C15H16F2NO2/c1-18-12-2-3-13(18)8-15(18,7-12)20-14(19)9-4-10(16)6-11(17)5-9/h4-6,12-13H,2-3,7-8H2,1H3/q+1/t12-,13+,15?,18?. The number of hydrogen-bond donors (Lipinski definition) is 0. The van der Waals surface area contributed by atoms with Gasteiger partial charge in [0.1, 0.15) is 23.7 Å². The Kier molecular flexibility index (Phi) is 2.20. The molecule has 3 aliphatic rings. The molecule has 20 heavy (non-hydrogen) atoms. The highest BCUT2D eigenvalue weighted by Crippen LogP contribution is 2.64. The van der Waals surface area contributed by atoms with Gasteiger partial charge in [-0.05, 0) is 12.1 Å². The van der Waals surface area contributed by atoms with E-state index in [1.165, 1.54) is 12.8 Å². The number of rotatable bonds is 2. The Labute approximate surface area is 115 Å². The lowest BCUT2D eigenvalue weighted by Crippen LogP contribution is -2.87. The van der Waals surface area contributed by atoms with E-state index in [-0.39, 0.29) is 5.56 Å². The van der Waals surface area contributed by atoms with Crippen molar-refractivity contribution >= 4 is 5.97 Å². The summed E-state index contributed by atoms with van der Waals surface area (Å²) in [6.07, 6.45) is 4.14. The average Bonchev–Trinajstić information content (AvgIpc) is 2.57. The van der Waals surface area contributed by atoms with Crippen molar-refractivity contribution in [3.8, 4) is 0 Å². The zero-order valence-electron chi connectivity index (χ0n) is 11.2. The van der Waals surface area contributed by atoms with Gasteiger partial charge in [0.2, 0.25) is 0 Å². The van der Waals surface area contributed by atoms with E-state index in [1.54, 1.807) is 0 Å². The summed E-state index contributed by atoms with van der Waals surface area (Å²) in [6.45, 7) is 0. The maximum Gasteiger partial charge on any atom is 0.343 e. The lowest BCUT2D eigenvalue weighted by Gasteiger charge is -2.69. The summed E-state index contributed by atoms with van der Waals surface area (Å²) >= 11 is 0. The first-order valence-corrected chi connectivity index (χ1v) is 7.00. The number of hydrogen-bond acceptors (Lipinski definition) is 2. The minimum Gasteiger partial charge on any atom is -0.406 e. The van der Waals surface area contributed by atoms with Crippen LogP contribution in [0.1, 0.15) is 36.0 Å². The molecule has 0 amide bonds. The Hall–Kier alpha value is -1.49. The number of ether oxygens (including phenoxy) is 1. The van der Waals surface area contributed by atoms with Crippen molar-refractivity contribution in [1.29, 1.82) is 0 Å². The largest absolute Gasteiger partial charge is 0.406 e. The fourth-order valence-corrected chi connectivity index (χ4v) is 4.54. The van der Waals surface area contributed by atoms with Gasteiger partial charge in [0.05, 0.1) is 25.5 Å². The van der Waals surface area contributed by atoms with Crippen LogP contribution in [-0.4, -0.2) is 35.3 Å². The van der Waals surface area contributed by atoms with E-state index in [9.17, 15) is 13.6 Å². The van der Waals surface area contributed by atoms with Gasteiger partial charge in [-0.25, -0.2) is 13.6 Å². The van der Waals surface area contributed by atoms with E-state index in [0.29, 0.717) is 12.1 Å². The zero-order chi connectivity index (χ0) is 14.1. The minimum absolute atomic E-state index is 0.0467. The molecule has 3 nitrogen and oxygen atoms in total. The molecule has 0 N–H and O–H groups in total. The number of halogens is 2. The van der Waals surface area contributed by atoms with Gasteiger partial charge in [-0.2, -0.15) is 0 Å². The van der Waals surface area contributed by atoms with Crippen LogP contribution in [0.3, 0.4) is 0 Å². The molecule has 3 saturated heterocycles. The molecule has 0 bridgehead atoms. The summed E-state index contributed by atoms with van der Waals surface area (Å²) in [4.78, 5) is 12.1. The second-order valence-corrected chi connectivity index (χ2v) is 6.43. The highest BCUT2D eigenvalue weighted by Gasteiger charge is 2.80. The van der Waals surface area contributed by atoms with E-state index >= 15 is 0 Å². The molecule has 4 atom stereocenters. The van der Waals surface area contributed by atoms with Crippen molar-refractivity contribution in [2.24, 2.45) is 0 Å². The van der Waals surface area contributed by atoms with Gasteiger partial charge in [0, 0.05) is 18.9 Å². The molecule has 4 rings (SSSR count). The number of esters is 1. The van der Waals surface area contributed by atoms with Crippen molar-refractivity contribution in [3.05, 3.63) is 35.4 Å². The van der Waals surface area contributed by atoms with Crippen LogP contribution < -0.4 is 0 Å². The van der Waals surface area contributed by atoms with Crippen LogP contribution in [-0.2, 0) is 4.74 Å². The SMILES string of the molecule is C[N+]12[C@@H]3CC[C@H]1CC2(OC(=O)c1cc(F)cc(F)c1)C3. The summed E-state index contributed by atoms with van der Waals surface area (Å²) in [7, 11) is 2.13. The minimum atomic E-state index is -0.756. The van der Waals surface area contributed by atoms with Crippen LogP contribution in [0.2, 0.25) is 0 Å². The van der Waals surface area contributed by atoms with Gasteiger partial charge in [-0.15, -0.1) is 0 Å². The summed E-state index contributed by atoms with van der Waals surface area (Å²) in [5.41, 5.74) is -0.485. The molecule has 1 aromatic rings. The molecule has 0 radical (unpaired) electrons. The van der Waals surface area contributed by atoms with Crippen LogP contribution >= 0.6 is 0 Å². The molecular formula is C15H16F2NO2+. The predicted molar refractivity (Wildman–Crippen MR) is 66.7 cm³/mol. The maximum atomic E-state index is 13.2. The van der Waals surface area contributed by atoms with Gasteiger partial charge >= 0.3 is 5.97 Å². The van der Waals surface area contributed by atoms with Crippen molar-refractivity contribution in [3.63, 3.8) is 0 Å². The molecular weight excluding hydrogens is 264 g/mol. The fourth-order valence-electron chi connectivity index (χ4n) is 4.54. The Morgan fingerprint density at radius 1 is 1.20 bits per heavy atom. The number of nitrogens with zero attached hydrogens (tertiary/aromatic N) is 1. The molecule has 3 heterocycles. The molecule has 3 aliphatic heterocycles. The zero-order valence-corrected chi connectivity index (χ0v) is 11.2. The van der Waals surface area contributed by atoms with Crippen LogP contribution in [0.5, 0.6) is 0 Å². The highest BCUT2D eigenvalue weighted by molar-refractivity contribution is 5.89. The Morgan fingerprint density at radius 3 is 2.30 bits per heavy atom. The third kappa shape index (κ3) is 1.29. The van der Waals surface area contributed by atoms with Crippen LogP contribution in [0, 0.1) is 11.6 Å². The molecule has 2 unspecified atom stereocenters. The lowest BCUT2D eigenvalue weighted by molar-refractivity contribution is -1.10. The summed E-state index contributed by atoms with van der Waals surface area (Å²) in [5.74, 6) is -2.13. The number of quaternary nitrogens is 1. The second-order valence-electron chi connectivity index (χ2n) is 6.43. The molecule has 106 valence electrons. The van der Waals surface area contributed by atoms with Crippen molar-refractivity contribution in [2.45, 2.75) is 43.5 Å². The first-order chi connectivity index (χ1) is 9.44. The number of piperidine rings is 1. The van der Waals surface area contributed by atoms with Crippen molar-refractivity contribution < 1.29 is 22.8 Å². The average molecular weight is 280 g/mol. The summed E-state index contributed by atoms with van der Waals surface area (Å²) in [6, 6.07) is 3.98. The number of carbonyl (C=O) groups excluding carboxylic acids is 1. The highest BCUT2D eigenvalue weighted by atomic mass is 19.1. The third-order valence-electron chi connectivity index (χ3n) is 5.72.